The van der Waals surface area contributed by atoms with Crippen LogP contribution in [0.15, 0.2) is 18.2 Å². The van der Waals surface area contributed by atoms with Crippen LogP contribution in [-0.4, -0.2) is 35.0 Å². The first-order chi connectivity index (χ1) is 14.3. The van der Waals surface area contributed by atoms with Crippen molar-refractivity contribution in [2.24, 2.45) is 17.8 Å². The molecule has 0 aliphatic heterocycles. The summed E-state index contributed by atoms with van der Waals surface area (Å²) in [7, 11) is 0. The fourth-order valence-electron chi connectivity index (χ4n) is 5.97. The number of carbonyl (C=O) groups excluding carboxylic acids is 2. The van der Waals surface area contributed by atoms with Crippen molar-refractivity contribution in [3.8, 4) is 5.75 Å². The van der Waals surface area contributed by atoms with E-state index in [0.717, 1.165) is 25.3 Å². The van der Waals surface area contributed by atoms with Gasteiger partial charge in [-0.1, -0.05) is 0 Å². The zero-order valence-electron chi connectivity index (χ0n) is 17.4. The normalized spacial score (nSPS) is 29.9. The predicted octanol–water partition coefficient (Wildman–Crippen LogP) is 3.62. The predicted molar refractivity (Wildman–Crippen MR) is 108 cm³/mol. The van der Waals surface area contributed by atoms with Gasteiger partial charge < -0.3 is 14.8 Å². The number of carbonyl (C=O) groups is 2. The van der Waals surface area contributed by atoms with Gasteiger partial charge in [0.2, 0.25) is 0 Å². The van der Waals surface area contributed by atoms with Gasteiger partial charge in [-0.05, 0) is 82.3 Å². The van der Waals surface area contributed by atoms with Gasteiger partial charge in [0, 0.05) is 11.6 Å². The van der Waals surface area contributed by atoms with Crippen molar-refractivity contribution >= 4 is 17.6 Å². The fraction of sp³-hybridized carbons (Fsp3) is 0.636. The first-order valence-corrected chi connectivity index (χ1v) is 10.7. The molecule has 1 aromatic rings. The van der Waals surface area contributed by atoms with Crippen LogP contribution in [0.4, 0.5) is 5.69 Å². The number of nitro groups is 1. The maximum atomic E-state index is 12.8. The Morgan fingerprint density at radius 3 is 2.33 bits per heavy atom. The van der Waals surface area contributed by atoms with Crippen LogP contribution < -0.4 is 10.1 Å². The summed E-state index contributed by atoms with van der Waals surface area (Å²) in [4.78, 5) is 36.0. The van der Waals surface area contributed by atoms with Crippen molar-refractivity contribution in [2.75, 3.05) is 6.61 Å². The topological polar surface area (TPSA) is 108 Å². The number of nitrogens with one attached hydrogen (secondary N) is 1. The highest BCUT2D eigenvalue weighted by Gasteiger charge is 2.51. The summed E-state index contributed by atoms with van der Waals surface area (Å²) in [6, 6.07) is 3.90. The molecule has 162 valence electrons. The molecule has 0 aromatic heterocycles. The SMILES string of the molecule is CCOc1ccc(C(=O)O[C@@H](C)C(=O)NC23CC4CC(CC(C4)C2)C3)cc1[N+](=O)[O-]. The van der Waals surface area contributed by atoms with Gasteiger partial charge in [0.1, 0.15) is 0 Å². The summed E-state index contributed by atoms with van der Waals surface area (Å²) in [5.41, 5.74) is -0.457. The molecule has 4 aliphatic rings. The van der Waals surface area contributed by atoms with Crippen LogP contribution in [0, 0.1) is 27.9 Å². The van der Waals surface area contributed by atoms with Gasteiger partial charge in [-0.3, -0.25) is 14.9 Å². The molecule has 4 bridgehead atoms. The number of nitro benzene ring substituents is 1. The molecule has 30 heavy (non-hydrogen) atoms. The highest BCUT2D eigenvalue weighted by molar-refractivity contribution is 5.93. The van der Waals surface area contributed by atoms with Crippen LogP contribution in [0.5, 0.6) is 5.75 Å². The van der Waals surface area contributed by atoms with E-state index < -0.39 is 17.0 Å². The maximum Gasteiger partial charge on any atom is 0.339 e. The third kappa shape index (κ3) is 4.00. The number of rotatable bonds is 7. The Bertz CT molecular complexity index is 832. The number of ether oxygens (including phenoxy) is 2. The summed E-state index contributed by atoms with van der Waals surface area (Å²) < 4.78 is 10.6. The molecule has 0 saturated heterocycles. The van der Waals surface area contributed by atoms with Gasteiger partial charge in [0.25, 0.3) is 5.91 Å². The molecule has 8 heteroatoms. The first-order valence-electron chi connectivity index (χ1n) is 10.7. The lowest BCUT2D eigenvalue weighted by atomic mass is 9.53. The molecule has 1 N–H and O–H groups in total. The lowest BCUT2D eigenvalue weighted by molar-refractivity contribution is -0.385. The van der Waals surface area contributed by atoms with E-state index in [4.69, 9.17) is 9.47 Å². The molecule has 1 aromatic carbocycles. The molecule has 8 nitrogen and oxygen atoms in total. The molecule has 4 aliphatic carbocycles. The molecule has 1 atom stereocenters. The van der Waals surface area contributed by atoms with Gasteiger partial charge in [-0.2, -0.15) is 0 Å². The summed E-state index contributed by atoms with van der Waals surface area (Å²) in [6.07, 6.45) is 5.88. The number of amides is 1. The molecular weight excluding hydrogens is 388 g/mol. The van der Waals surface area contributed by atoms with Crippen molar-refractivity contribution in [3.05, 3.63) is 33.9 Å². The molecular formula is C22H28N2O6. The minimum absolute atomic E-state index is 0.0135. The van der Waals surface area contributed by atoms with E-state index in [1.165, 1.54) is 38.3 Å². The van der Waals surface area contributed by atoms with Gasteiger partial charge in [-0.25, -0.2) is 4.79 Å². The lowest BCUT2D eigenvalue weighted by Crippen LogP contribution is -2.61. The average Bonchev–Trinajstić information content (AvgIpc) is 2.66. The van der Waals surface area contributed by atoms with Crippen LogP contribution in [0.1, 0.15) is 62.7 Å². The molecule has 1 amide bonds. The summed E-state index contributed by atoms with van der Waals surface area (Å²) in [5.74, 6) is 1.10. The Hall–Kier alpha value is -2.64. The smallest absolute Gasteiger partial charge is 0.339 e. The molecule has 0 radical (unpaired) electrons. The molecule has 0 unspecified atom stereocenters. The Kier molecular flexibility index (Phi) is 5.42. The summed E-state index contributed by atoms with van der Waals surface area (Å²) in [5, 5.41) is 14.5. The van der Waals surface area contributed by atoms with E-state index in [-0.39, 0.29) is 35.1 Å². The third-order valence-corrected chi connectivity index (χ3v) is 6.77. The molecule has 0 heterocycles. The van der Waals surface area contributed by atoms with Crippen molar-refractivity contribution in [3.63, 3.8) is 0 Å². The van der Waals surface area contributed by atoms with E-state index in [1.807, 2.05) is 0 Å². The Labute approximate surface area is 175 Å². The standard InChI is InChI=1S/C22H28N2O6/c1-3-29-19-5-4-17(9-18(19)24(27)28)21(26)30-13(2)20(25)23-22-10-14-6-15(11-22)8-16(7-14)12-22/h4-5,9,13-16H,3,6-8,10-12H2,1-2H3,(H,23,25)/t13-,14?,15?,16?,22?/m0/s1. The monoisotopic (exact) mass is 416 g/mol. The molecule has 4 fully saturated rings. The third-order valence-electron chi connectivity index (χ3n) is 6.77. The minimum Gasteiger partial charge on any atom is -0.487 e. The zero-order chi connectivity index (χ0) is 21.5. The van der Waals surface area contributed by atoms with Crippen LogP contribution in [0.25, 0.3) is 0 Å². The fourth-order valence-corrected chi connectivity index (χ4v) is 5.97. The highest BCUT2D eigenvalue weighted by atomic mass is 16.6. The lowest BCUT2D eigenvalue weighted by Gasteiger charge is -2.57. The van der Waals surface area contributed by atoms with Crippen LogP contribution >= 0.6 is 0 Å². The van der Waals surface area contributed by atoms with E-state index in [1.54, 1.807) is 6.92 Å². The van der Waals surface area contributed by atoms with Gasteiger partial charge >= 0.3 is 11.7 Å². The summed E-state index contributed by atoms with van der Waals surface area (Å²) >= 11 is 0. The van der Waals surface area contributed by atoms with Gasteiger partial charge in [0.05, 0.1) is 17.1 Å². The maximum absolute atomic E-state index is 12.8. The van der Waals surface area contributed by atoms with E-state index in [0.29, 0.717) is 17.8 Å². The second kappa shape index (κ2) is 7.89. The van der Waals surface area contributed by atoms with Crippen LogP contribution in [-0.2, 0) is 9.53 Å². The van der Waals surface area contributed by atoms with E-state index in [2.05, 4.69) is 5.32 Å². The Morgan fingerprint density at radius 2 is 1.80 bits per heavy atom. The molecule has 0 spiro atoms. The number of hydrogen-bond acceptors (Lipinski definition) is 6. The molecule has 4 saturated carbocycles. The van der Waals surface area contributed by atoms with Crippen LogP contribution in [0.2, 0.25) is 0 Å². The van der Waals surface area contributed by atoms with E-state index >= 15 is 0 Å². The highest BCUT2D eigenvalue weighted by Crippen LogP contribution is 2.55. The second-order valence-corrected chi connectivity index (χ2v) is 9.11. The van der Waals surface area contributed by atoms with Crippen molar-refractivity contribution < 1.29 is 24.0 Å². The van der Waals surface area contributed by atoms with Crippen molar-refractivity contribution in [2.45, 2.75) is 64.0 Å². The molecule has 5 rings (SSSR count). The van der Waals surface area contributed by atoms with Gasteiger partial charge in [0.15, 0.2) is 11.9 Å². The van der Waals surface area contributed by atoms with Crippen molar-refractivity contribution in [1.29, 1.82) is 0 Å². The largest absolute Gasteiger partial charge is 0.487 e. The van der Waals surface area contributed by atoms with Crippen molar-refractivity contribution in [1.82, 2.24) is 5.32 Å². The second-order valence-electron chi connectivity index (χ2n) is 9.11. The zero-order valence-corrected chi connectivity index (χ0v) is 17.4. The minimum atomic E-state index is -0.976. The average molecular weight is 416 g/mol. The number of hydrogen-bond donors (Lipinski definition) is 1. The number of nitrogens with zero attached hydrogens (tertiary/aromatic N) is 1. The quantitative estimate of drug-likeness (QED) is 0.413. The summed E-state index contributed by atoms with van der Waals surface area (Å²) in [6.45, 7) is 3.53. The first kappa shape index (κ1) is 20.6. The Balaban J connectivity index is 1.40. The Morgan fingerprint density at radius 1 is 1.20 bits per heavy atom. The van der Waals surface area contributed by atoms with E-state index in [9.17, 15) is 19.7 Å². The van der Waals surface area contributed by atoms with Crippen LogP contribution in [0.3, 0.4) is 0 Å². The number of esters is 1. The van der Waals surface area contributed by atoms with Gasteiger partial charge in [-0.15, -0.1) is 0 Å². The number of benzene rings is 1.